The van der Waals surface area contributed by atoms with E-state index in [1.54, 1.807) is 11.4 Å². The number of rotatable bonds is 2. The summed E-state index contributed by atoms with van der Waals surface area (Å²) in [4.78, 5) is 11.4. The van der Waals surface area contributed by atoms with Gasteiger partial charge in [-0.2, -0.15) is 13.2 Å². The van der Waals surface area contributed by atoms with E-state index in [1.165, 1.54) is 18.2 Å². The minimum Gasteiger partial charge on any atom is -0.384 e. The van der Waals surface area contributed by atoms with Crippen LogP contribution in [0.4, 0.5) is 13.2 Å². The fourth-order valence-corrected chi connectivity index (χ4v) is 1.16. The third-order valence-electron chi connectivity index (χ3n) is 1.89. The molecule has 1 amide bonds. The zero-order chi connectivity index (χ0) is 13.6. The average Bonchev–Trinajstić information content (AvgIpc) is 2.33. The summed E-state index contributed by atoms with van der Waals surface area (Å²) >= 11 is 0. The lowest BCUT2D eigenvalue weighted by Crippen LogP contribution is -2.33. The Morgan fingerprint density at radius 2 is 2.11 bits per heavy atom. The van der Waals surface area contributed by atoms with Gasteiger partial charge in [-0.3, -0.25) is 4.79 Å². The molecular formula is C12H10F3NO2. The van der Waals surface area contributed by atoms with Crippen LogP contribution in [0.2, 0.25) is 0 Å². The molecule has 0 fully saturated rings. The largest absolute Gasteiger partial charge is 0.405 e. The monoisotopic (exact) mass is 257 g/mol. The first-order valence-electron chi connectivity index (χ1n) is 4.97. The van der Waals surface area contributed by atoms with Gasteiger partial charge in [0.15, 0.2) is 0 Å². The van der Waals surface area contributed by atoms with E-state index in [1.807, 2.05) is 0 Å². The number of hydrogen-bond donors (Lipinski definition) is 2. The van der Waals surface area contributed by atoms with Crippen molar-refractivity contribution in [3.05, 3.63) is 35.4 Å². The van der Waals surface area contributed by atoms with Crippen molar-refractivity contribution in [2.45, 2.75) is 6.18 Å². The van der Waals surface area contributed by atoms with Gasteiger partial charge in [0.25, 0.3) is 5.91 Å². The second-order valence-corrected chi connectivity index (χ2v) is 3.34. The van der Waals surface area contributed by atoms with Crippen LogP contribution in [0, 0.1) is 11.8 Å². The van der Waals surface area contributed by atoms with Gasteiger partial charge in [-0.25, -0.2) is 0 Å². The third-order valence-corrected chi connectivity index (χ3v) is 1.89. The van der Waals surface area contributed by atoms with Crippen molar-refractivity contribution in [3.8, 4) is 11.8 Å². The summed E-state index contributed by atoms with van der Waals surface area (Å²) in [5.74, 6) is 4.12. The summed E-state index contributed by atoms with van der Waals surface area (Å²) in [5, 5.41) is 10.3. The number of nitrogens with one attached hydrogen (secondary N) is 1. The highest BCUT2D eigenvalue weighted by atomic mass is 19.4. The molecule has 0 saturated carbocycles. The van der Waals surface area contributed by atoms with Gasteiger partial charge in [0, 0.05) is 11.1 Å². The average molecular weight is 257 g/mol. The SMILES string of the molecule is O=C(NCC(F)(F)F)c1cccc(C#CCO)c1. The van der Waals surface area contributed by atoms with E-state index >= 15 is 0 Å². The predicted molar refractivity (Wildman–Crippen MR) is 58.8 cm³/mol. The fourth-order valence-electron chi connectivity index (χ4n) is 1.16. The number of carbonyl (C=O) groups is 1. The summed E-state index contributed by atoms with van der Waals surface area (Å²) in [6.07, 6.45) is -4.44. The molecule has 6 heteroatoms. The Morgan fingerprint density at radius 3 is 2.72 bits per heavy atom. The van der Waals surface area contributed by atoms with Crippen LogP contribution in [0.3, 0.4) is 0 Å². The first kappa shape index (κ1) is 14.1. The molecule has 0 spiro atoms. The Hall–Kier alpha value is -2.00. The molecule has 1 aromatic rings. The maximum Gasteiger partial charge on any atom is 0.405 e. The van der Waals surface area contributed by atoms with E-state index in [4.69, 9.17) is 5.11 Å². The van der Waals surface area contributed by atoms with E-state index in [2.05, 4.69) is 11.8 Å². The fraction of sp³-hybridized carbons (Fsp3) is 0.250. The van der Waals surface area contributed by atoms with Gasteiger partial charge in [-0.05, 0) is 18.2 Å². The molecule has 0 aromatic heterocycles. The molecule has 0 atom stereocenters. The molecule has 1 rings (SSSR count). The van der Waals surface area contributed by atoms with E-state index in [0.717, 1.165) is 0 Å². The molecule has 0 aliphatic heterocycles. The maximum atomic E-state index is 11.9. The summed E-state index contributed by atoms with van der Waals surface area (Å²) < 4.78 is 35.7. The van der Waals surface area contributed by atoms with E-state index in [0.29, 0.717) is 5.56 Å². The number of benzene rings is 1. The van der Waals surface area contributed by atoms with Gasteiger partial charge >= 0.3 is 6.18 Å². The Kier molecular flexibility index (Phi) is 4.75. The Balaban J connectivity index is 2.74. The lowest BCUT2D eigenvalue weighted by atomic mass is 10.1. The molecule has 0 bridgehead atoms. The Bertz CT molecular complexity index is 486. The van der Waals surface area contributed by atoms with Crippen molar-refractivity contribution >= 4 is 5.91 Å². The van der Waals surface area contributed by atoms with Gasteiger partial charge in [0.1, 0.15) is 13.2 Å². The number of alkyl halides is 3. The van der Waals surface area contributed by atoms with Gasteiger partial charge in [0.2, 0.25) is 0 Å². The second kappa shape index (κ2) is 6.07. The van der Waals surface area contributed by atoms with Crippen LogP contribution in [0.25, 0.3) is 0 Å². The van der Waals surface area contributed by atoms with Crippen LogP contribution in [0.5, 0.6) is 0 Å². The zero-order valence-corrected chi connectivity index (χ0v) is 9.21. The highest BCUT2D eigenvalue weighted by Crippen LogP contribution is 2.13. The van der Waals surface area contributed by atoms with Crippen molar-refractivity contribution in [2.24, 2.45) is 0 Å². The second-order valence-electron chi connectivity index (χ2n) is 3.34. The molecule has 0 aliphatic carbocycles. The standard InChI is InChI=1S/C12H10F3NO2/c13-12(14,15)8-16-11(18)10-5-1-3-9(7-10)4-2-6-17/h1,3,5,7,17H,6,8H2,(H,16,18). The van der Waals surface area contributed by atoms with Gasteiger partial charge in [0.05, 0.1) is 0 Å². The lowest BCUT2D eigenvalue weighted by molar-refractivity contribution is -0.123. The van der Waals surface area contributed by atoms with Crippen LogP contribution in [-0.2, 0) is 0 Å². The first-order valence-corrected chi connectivity index (χ1v) is 4.97. The van der Waals surface area contributed by atoms with Crippen molar-refractivity contribution < 1.29 is 23.1 Å². The van der Waals surface area contributed by atoms with Gasteiger partial charge < -0.3 is 10.4 Å². The van der Waals surface area contributed by atoms with Gasteiger partial charge in [-0.1, -0.05) is 17.9 Å². The van der Waals surface area contributed by atoms with Crippen LogP contribution in [0.15, 0.2) is 24.3 Å². The van der Waals surface area contributed by atoms with Crippen LogP contribution < -0.4 is 5.32 Å². The van der Waals surface area contributed by atoms with Crippen LogP contribution in [-0.4, -0.2) is 30.3 Å². The Labute approximate surface area is 102 Å². The lowest BCUT2D eigenvalue weighted by Gasteiger charge is -2.08. The summed E-state index contributed by atoms with van der Waals surface area (Å²) in [6.45, 7) is -1.71. The minimum atomic E-state index is -4.44. The molecular weight excluding hydrogens is 247 g/mol. The topological polar surface area (TPSA) is 49.3 Å². The van der Waals surface area contributed by atoms with Crippen LogP contribution in [0.1, 0.15) is 15.9 Å². The summed E-state index contributed by atoms with van der Waals surface area (Å²) in [6, 6.07) is 5.83. The van der Waals surface area contributed by atoms with Gasteiger partial charge in [-0.15, -0.1) is 0 Å². The highest BCUT2D eigenvalue weighted by molar-refractivity contribution is 5.94. The van der Waals surface area contributed by atoms with Crippen LogP contribution >= 0.6 is 0 Å². The normalized spacial score (nSPS) is 10.4. The quantitative estimate of drug-likeness (QED) is 0.785. The third kappa shape index (κ3) is 4.89. The van der Waals surface area contributed by atoms with Crippen molar-refractivity contribution in [3.63, 3.8) is 0 Å². The van der Waals surface area contributed by atoms with Crippen molar-refractivity contribution in [1.29, 1.82) is 0 Å². The summed E-state index contributed by atoms with van der Waals surface area (Å²) in [7, 11) is 0. The molecule has 2 N–H and O–H groups in total. The number of hydrogen-bond acceptors (Lipinski definition) is 2. The number of amides is 1. The molecule has 0 aliphatic rings. The summed E-state index contributed by atoms with van der Waals surface area (Å²) in [5.41, 5.74) is 0.535. The molecule has 0 radical (unpaired) electrons. The molecule has 0 unspecified atom stereocenters. The molecule has 0 saturated heterocycles. The molecule has 96 valence electrons. The maximum absolute atomic E-state index is 11.9. The molecule has 3 nitrogen and oxygen atoms in total. The predicted octanol–water partition coefficient (Wildman–Crippen LogP) is 1.32. The number of carbonyl (C=O) groups excluding carboxylic acids is 1. The minimum absolute atomic E-state index is 0.0870. The number of aliphatic hydroxyl groups is 1. The molecule has 0 heterocycles. The number of halogens is 3. The number of aliphatic hydroxyl groups excluding tert-OH is 1. The zero-order valence-electron chi connectivity index (χ0n) is 9.21. The van der Waals surface area contributed by atoms with E-state index in [-0.39, 0.29) is 12.2 Å². The first-order chi connectivity index (χ1) is 8.42. The van der Waals surface area contributed by atoms with E-state index in [9.17, 15) is 18.0 Å². The van der Waals surface area contributed by atoms with E-state index < -0.39 is 18.6 Å². The molecule has 18 heavy (non-hydrogen) atoms. The Morgan fingerprint density at radius 1 is 1.39 bits per heavy atom. The van der Waals surface area contributed by atoms with Crippen molar-refractivity contribution in [2.75, 3.05) is 13.2 Å². The van der Waals surface area contributed by atoms with Crippen molar-refractivity contribution in [1.82, 2.24) is 5.32 Å². The molecule has 1 aromatic carbocycles. The highest BCUT2D eigenvalue weighted by Gasteiger charge is 2.27. The smallest absolute Gasteiger partial charge is 0.384 e.